The summed E-state index contributed by atoms with van der Waals surface area (Å²) in [5, 5.41) is 15.6. The fourth-order valence-corrected chi connectivity index (χ4v) is 5.00. The van der Waals surface area contributed by atoms with Crippen LogP contribution in [0.1, 0.15) is 52.6 Å². The van der Waals surface area contributed by atoms with Crippen LogP contribution in [0.25, 0.3) is 22.2 Å². The molecular formula is C29H24Cl2N2O4. The molecule has 0 saturated carbocycles. The van der Waals surface area contributed by atoms with Crippen molar-refractivity contribution in [3.05, 3.63) is 105 Å². The highest BCUT2D eigenvalue weighted by atomic mass is 35.5. The van der Waals surface area contributed by atoms with E-state index in [9.17, 15) is 9.90 Å². The number of carbonyl (C=O) groups is 1. The number of H-pyrrole nitrogens is 1. The number of carboxylic acids is 1. The van der Waals surface area contributed by atoms with Crippen LogP contribution >= 0.6 is 23.2 Å². The molecule has 188 valence electrons. The zero-order valence-corrected chi connectivity index (χ0v) is 21.7. The van der Waals surface area contributed by atoms with Crippen molar-refractivity contribution in [1.82, 2.24) is 10.1 Å². The summed E-state index contributed by atoms with van der Waals surface area (Å²) in [5.41, 5.74) is 5.18. The lowest BCUT2D eigenvalue weighted by molar-refractivity contribution is 0.0696. The van der Waals surface area contributed by atoms with Gasteiger partial charge in [-0.05, 0) is 60.0 Å². The molecule has 6 nitrogen and oxygen atoms in total. The van der Waals surface area contributed by atoms with Crippen LogP contribution in [0.15, 0.2) is 71.4 Å². The molecule has 0 saturated heterocycles. The molecule has 0 spiro atoms. The summed E-state index contributed by atoms with van der Waals surface area (Å²) in [5.74, 6) is 0.539. The van der Waals surface area contributed by atoms with Crippen molar-refractivity contribution in [2.75, 3.05) is 0 Å². The van der Waals surface area contributed by atoms with Crippen LogP contribution in [0.5, 0.6) is 5.75 Å². The number of nitrogens with zero attached hydrogens (tertiary/aromatic N) is 1. The van der Waals surface area contributed by atoms with E-state index in [4.69, 9.17) is 32.5 Å². The number of ether oxygens (including phenoxy) is 1. The minimum absolute atomic E-state index is 0.0847. The fraction of sp³-hybridized carbons (Fsp3) is 0.172. The molecule has 5 aromatic rings. The maximum absolute atomic E-state index is 11.4. The predicted molar refractivity (Wildman–Crippen MR) is 145 cm³/mol. The second kappa shape index (κ2) is 10.3. The van der Waals surface area contributed by atoms with Gasteiger partial charge in [0, 0.05) is 28.6 Å². The topological polar surface area (TPSA) is 88.4 Å². The van der Waals surface area contributed by atoms with Gasteiger partial charge in [0.15, 0.2) is 0 Å². The molecule has 0 aliphatic carbocycles. The first-order chi connectivity index (χ1) is 17.8. The first kappa shape index (κ1) is 24.9. The summed E-state index contributed by atoms with van der Waals surface area (Å²) in [6.07, 6.45) is 2.53. The van der Waals surface area contributed by atoms with Crippen LogP contribution in [-0.2, 0) is 13.0 Å². The van der Waals surface area contributed by atoms with E-state index in [-0.39, 0.29) is 18.1 Å². The third-order valence-corrected chi connectivity index (χ3v) is 6.86. The van der Waals surface area contributed by atoms with Crippen molar-refractivity contribution in [2.24, 2.45) is 0 Å². The predicted octanol–water partition coefficient (Wildman–Crippen LogP) is 8.12. The number of aromatic carboxylic acids is 1. The SMILES string of the molecule is CC(C)c1onc(-c2c(Cl)cccc2Cl)c1COc1ccc2[nH]cc(Cc3cccc(C(=O)O)c3)c2c1. The molecule has 8 heteroatoms. The lowest BCUT2D eigenvalue weighted by atomic mass is 10.0. The Hall–Kier alpha value is -3.74. The van der Waals surface area contributed by atoms with Crippen LogP contribution in [0, 0.1) is 0 Å². The average molecular weight is 535 g/mol. The van der Waals surface area contributed by atoms with Crippen molar-refractivity contribution in [2.45, 2.75) is 32.8 Å². The molecule has 0 bridgehead atoms. The summed E-state index contributed by atoms with van der Waals surface area (Å²) in [4.78, 5) is 14.6. The summed E-state index contributed by atoms with van der Waals surface area (Å²) in [6, 6.07) is 18.1. The normalized spacial score (nSPS) is 11.4. The number of nitrogens with one attached hydrogen (secondary N) is 1. The Morgan fingerprint density at radius 2 is 1.84 bits per heavy atom. The molecule has 0 radical (unpaired) electrons. The third-order valence-electron chi connectivity index (χ3n) is 6.23. The maximum atomic E-state index is 11.4. The lowest BCUT2D eigenvalue weighted by Crippen LogP contribution is -2.01. The van der Waals surface area contributed by atoms with E-state index in [0.29, 0.717) is 39.2 Å². The second-order valence-electron chi connectivity index (χ2n) is 9.12. The number of aromatic nitrogens is 2. The van der Waals surface area contributed by atoms with Gasteiger partial charge < -0.3 is 19.4 Å². The number of benzene rings is 3. The van der Waals surface area contributed by atoms with E-state index in [0.717, 1.165) is 27.6 Å². The molecule has 5 rings (SSSR count). The minimum atomic E-state index is -0.941. The number of hydrogen-bond donors (Lipinski definition) is 2. The highest BCUT2D eigenvalue weighted by molar-refractivity contribution is 6.39. The molecule has 3 aromatic carbocycles. The average Bonchev–Trinajstić information content (AvgIpc) is 3.47. The number of hydrogen-bond acceptors (Lipinski definition) is 4. The van der Waals surface area contributed by atoms with Crippen LogP contribution < -0.4 is 4.74 Å². The Balaban J connectivity index is 1.44. The van der Waals surface area contributed by atoms with E-state index in [2.05, 4.69) is 10.1 Å². The van der Waals surface area contributed by atoms with Crippen molar-refractivity contribution in [3.63, 3.8) is 0 Å². The van der Waals surface area contributed by atoms with Gasteiger partial charge in [-0.3, -0.25) is 0 Å². The standard InChI is InChI=1S/C29H24Cl2N2O4/c1-16(2)28-22(27(33-37-28)26-23(30)7-4-8-24(26)31)15-36-20-9-10-25-21(13-20)19(14-32-25)12-17-5-3-6-18(11-17)29(34)35/h3-11,13-14,16,32H,12,15H2,1-2H3,(H,34,35). The van der Waals surface area contributed by atoms with Crippen LogP contribution in [0.3, 0.4) is 0 Å². The summed E-state index contributed by atoms with van der Waals surface area (Å²) < 4.78 is 11.9. The van der Waals surface area contributed by atoms with E-state index < -0.39 is 5.97 Å². The van der Waals surface area contributed by atoms with Crippen molar-refractivity contribution < 1.29 is 19.2 Å². The smallest absolute Gasteiger partial charge is 0.335 e. The number of halogens is 2. The lowest BCUT2D eigenvalue weighted by Gasteiger charge is -2.11. The Morgan fingerprint density at radius 3 is 2.57 bits per heavy atom. The first-order valence-corrected chi connectivity index (χ1v) is 12.5. The van der Waals surface area contributed by atoms with Crippen molar-refractivity contribution in [1.29, 1.82) is 0 Å². The van der Waals surface area contributed by atoms with Crippen LogP contribution in [0.4, 0.5) is 0 Å². The highest BCUT2D eigenvalue weighted by Gasteiger charge is 2.24. The third kappa shape index (κ3) is 5.08. The Kier molecular flexibility index (Phi) is 6.96. The Morgan fingerprint density at radius 1 is 1.08 bits per heavy atom. The molecule has 0 aliphatic rings. The van der Waals surface area contributed by atoms with E-state index in [1.54, 1.807) is 36.4 Å². The molecule has 0 fully saturated rings. The minimum Gasteiger partial charge on any atom is -0.489 e. The molecule has 0 aliphatic heterocycles. The van der Waals surface area contributed by atoms with Crippen molar-refractivity contribution >= 4 is 40.1 Å². The van der Waals surface area contributed by atoms with Gasteiger partial charge in [0.25, 0.3) is 0 Å². The number of rotatable bonds is 8. The number of aromatic amines is 1. The van der Waals surface area contributed by atoms with E-state index in [1.165, 1.54) is 0 Å². The molecule has 37 heavy (non-hydrogen) atoms. The zero-order valence-electron chi connectivity index (χ0n) is 20.2. The van der Waals surface area contributed by atoms with E-state index in [1.807, 2.05) is 44.3 Å². The first-order valence-electron chi connectivity index (χ1n) is 11.8. The van der Waals surface area contributed by atoms with Gasteiger partial charge in [-0.25, -0.2) is 4.79 Å². The van der Waals surface area contributed by atoms with Gasteiger partial charge in [0.1, 0.15) is 23.8 Å². The molecule has 0 atom stereocenters. The summed E-state index contributed by atoms with van der Waals surface area (Å²) in [7, 11) is 0. The van der Waals surface area contributed by atoms with Gasteiger partial charge in [-0.1, -0.05) is 60.4 Å². The molecule has 2 aromatic heterocycles. The monoisotopic (exact) mass is 534 g/mol. The van der Waals surface area contributed by atoms with Gasteiger partial charge >= 0.3 is 5.97 Å². The second-order valence-corrected chi connectivity index (χ2v) is 9.93. The Bertz CT molecular complexity index is 1580. The molecule has 0 unspecified atom stereocenters. The quantitative estimate of drug-likeness (QED) is 0.210. The summed E-state index contributed by atoms with van der Waals surface area (Å²) >= 11 is 12.9. The molecule has 2 heterocycles. The fourth-order valence-electron chi connectivity index (χ4n) is 4.42. The van der Waals surface area contributed by atoms with Gasteiger partial charge in [0.2, 0.25) is 0 Å². The van der Waals surface area contributed by atoms with Gasteiger partial charge in [0.05, 0.1) is 21.2 Å². The Labute approximate surface area is 223 Å². The number of fused-ring (bicyclic) bond motifs is 1. The highest BCUT2D eigenvalue weighted by Crippen LogP contribution is 2.39. The number of carboxylic acid groups (broad SMARTS) is 1. The summed E-state index contributed by atoms with van der Waals surface area (Å²) in [6.45, 7) is 4.28. The van der Waals surface area contributed by atoms with Crippen LogP contribution in [-0.4, -0.2) is 21.2 Å². The van der Waals surface area contributed by atoms with Crippen LogP contribution in [0.2, 0.25) is 10.0 Å². The molecular weight excluding hydrogens is 511 g/mol. The maximum Gasteiger partial charge on any atom is 0.335 e. The van der Waals surface area contributed by atoms with Gasteiger partial charge in [-0.2, -0.15) is 0 Å². The molecule has 0 amide bonds. The largest absolute Gasteiger partial charge is 0.489 e. The van der Waals surface area contributed by atoms with E-state index >= 15 is 0 Å². The molecule has 2 N–H and O–H groups in total. The van der Waals surface area contributed by atoms with Gasteiger partial charge in [-0.15, -0.1) is 0 Å². The zero-order chi connectivity index (χ0) is 26.1. The van der Waals surface area contributed by atoms with Crippen molar-refractivity contribution in [3.8, 4) is 17.0 Å².